The van der Waals surface area contributed by atoms with Crippen LogP contribution in [-0.4, -0.2) is 33.7 Å². The maximum atomic E-state index is 11.3. The van der Waals surface area contributed by atoms with Gasteiger partial charge in [0.2, 0.25) is 0 Å². The number of carboxylic acid groups (broad SMARTS) is 1. The fourth-order valence-electron chi connectivity index (χ4n) is 1.26. The number of hydrogen-bond donors (Lipinski definition) is 1. The van der Waals surface area contributed by atoms with Crippen molar-refractivity contribution < 1.29 is 27.8 Å². The Kier molecular flexibility index (Phi) is 3.84. The van der Waals surface area contributed by atoms with Crippen molar-refractivity contribution in [2.24, 2.45) is 0 Å². The molecule has 94 valence electrons. The van der Waals surface area contributed by atoms with Crippen molar-refractivity contribution in [3.05, 3.63) is 17.7 Å². The molecule has 1 N–H and O–H groups in total. The van der Waals surface area contributed by atoms with Gasteiger partial charge in [-0.05, 0) is 6.07 Å². The molecular weight excluding hydrogens is 272 g/mol. The first-order valence-corrected chi connectivity index (χ1v) is 6.56. The third-order valence-corrected chi connectivity index (χ3v) is 3.33. The fourth-order valence-corrected chi connectivity index (χ4v) is 2.53. The number of carbonyl (C=O) groups is 1. The quantitative estimate of drug-likeness (QED) is 0.837. The van der Waals surface area contributed by atoms with E-state index < -0.39 is 25.5 Å². The van der Waals surface area contributed by atoms with E-state index >= 15 is 0 Å². The van der Waals surface area contributed by atoms with E-state index in [4.69, 9.17) is 25.3 Å². The van der Waals surface area contributed by atoms with Gasteiger partial charge < -0.3 is 14.6 Å². The lowest BCUT2D eigenvalue weighted by atomic mass is 10.2. The van der Waals surface area contributed by atoms with Crippen molar-refractivity contribution >= 4 is 25.7 Å². The summed E-state index contributed by atoms with van der Waals surface area (Å²) in [5.41, 5.74) is -0.504. The van der Waals surface area contributed by atoms with Crippen LogP contribution in [0.25, 0.3) is 0 Å². The molecule has 0 aliphatic carbocycles. The van der Waals surface area contributed by atoms with Gasteiger partial charge >= 0.3 is 5.97 Å². The number of benzene rings is 1. The second kappa shape index (κ2) is 4.80. The van der Waals surface area contributed by atoms with Crippen LogP contribution in [0.2, 0.25) is 0 Å². The van der Waals surface area contributed by atoms with Gasteiger partial charge in [0.1, 0.15) is 16.4 Å². The Morgan fingerprint density at radius 2 is 1.88 bits per heavy atom. The fraction of sp³-hybridized carbons (Fsp3) is 0.222. The summed E-state index contributed by atoms with van der Waals surface area (Å²) >= 11 is 0. The van der Waals surface area contributed by atoms with Crippen molar-refractivity contribution in [2.75, 3.05) is 14.2 Å². The summed E-state index contributed by atoms with van der Waals surface area (Å²) in [6, 6.07) is 2.29. The number of aromatic carboxylic acids is 1. The molecule has 0 spiro atoms. The van der Waals surface area contributed by atoms with Crippen LogP contribution in [-0.2, 0) is 9.05 Å². The summed E-state index contributed by atoms with van der Waals surface area (Å²) in [7, 11) is 3.46. The number of hydrogen-bond acceptors (Lipinski definition) is 5. The van der Waals surface area contributed by atoms with Gasteiger partial charge in [0.05, 0.1) is 19.8 Å². The molecule has 6 nitrogen and oxygen atoms in total. The molecule has 0 aromatic heterocycles. The number of methoxy groups -OCH3 is 2. The lowest BCUT2D eigenvalue weighted by Gasteiger charge is -2.11. The molecule has 0 atom stereocenters. The van der Waals surface area contributed by atoms with Crippen LogP contribution >= 0.6 is 10.7 Å². The Morgan fingerprint density at radius 3 is 2.24 bits per heavy atom. The van der Waals surface area contributed by atoms with Crippen LogP contribution in [0.5, 0.6) is 11.5 Å². The van der Waals surface area contributed by atoms with E-state index in [9.17, 15) is 13.2 Å². The molecule has 1 aromatic rings. The molecule has 0 heterocycles. The lowest BCUT2D eigenvalue weighted by Crippen LogP contribution is -2.07. The molecule has 0 aliphatic heterocycles. The van der Waals surface area contributed by atoms with E-state index in [0.29, 0.717) is 0 Å². The highest BCUT2D eigenvalue weighted by molar-refractivity contribution is 8.13. The van der Waals surface area contributed by atoms with Crippen LogP contribution in [0.4, 0.5) is 0 Å². The number of carboxylic acids is 1. The van der Waals surface area contributed by atoms with E-state index in [0.717, 1.165) is 6.07 Å². The van der Waals surface area contributed by atoms with E-state index in [-0.39, 0.29) is 11.5 Å². The van der Waals surface area contributed by atoms with Crippen molar-refractivity contribution in [2.45, 2.75) is 4.90 Å². The third kappa shape index (κ3) is 2.80. The molecule has 1 aromatic carbocycles. The summed E-state index contributed by atoms with van der Waals surface area (Å²) in [4.78, 5) is 10.4. The maximum absolute atomic E-state index is 11.3. The zero-order valence-electron chi connectivity index (χ0n) is 8.93. The molecule has 0 saturated carbocycles. The van der Waals surface area contributed by atoms with Gasteiger partial charge in [0.25, 0.3) is 9.05 Å². The van der Waals surface area contributed by atoms with E-state index in [2.05, 4.69) is 0 Å². The topological polar surface area (TPSA) is 89.9 Å². The summed E-state index contributed by atoms with van der Waals surface area (Å²) in [5, 5.41) is 8.93. The van der Waals surface area contributed by atoms with E-state index in [1.807, 2.05) is 0 Å². The first kappa shape index (κ1) is 13.6. The predicted octanol–water partition coefficient (Wildman–Crippen LogP) is 1.33. The van der Waals surface area contributed by atoms with Crippen LogP contribution in [0, 0.1) is 0 Å². The second-order valence-corrected chi connectivity index (χ2v) is 5.45. The van der Waals surface area contributed by atoms with Crippen LogP contribution < -0.4 is 9.47 Å². The molecule has 0 amide bonds. The smallest absolute Gasteiger partial charge is 0.337 e. The van der Waals surface area contributed by atoms with Gasteiger partial charge in [-0.2, -0.15) is 0 Å². The normalized spacial score (nSPS) is 11.0. The summed E-state index contributed by atoms with van der Waals surface area (Å²) in [6.45, 7) is 0. The lowest BCUT2D eigenvalue weighted by molar-refractivity contribution is 0.0691. The Labute approximate surface area is 102 Å². The monoisotopic (exact) mass is 280 g/mol. The number of ether oxygens (including phenoxy) is 2. The molecule has 0 saturated heterocycles. The highest BCUT2D eigenvalue weighted by Crippen LogP contribution is 2.34. The minimum absolute atomic E-state index is 0.156. The average Bonchev–Trinajstić information content (AvgIpc) is 2.25. The van der Waals surface area contributed by atoms with E-state index in [1.165, 1.54) is 20.3 Å². The van der Waals surface area contributed by atoms with Crippen molar-refractivity contribution in [3.8, 4) is 11.5 Å². The van der Waals surface area contributed by atoms with Crippen molar-refractivity contribution in [1.29, 1.82) is 0 Å². The summed E-state index contributed by atoms with van der Waals surface area (Å²) in [5.74, 6) is -1.47. The summed E-state index contributed by atoms with van der Waals surface area (Å²) in [6.07, 6.45) is 0. The molecule has 0 aliphatic rings. The zero-order chi connectivity index (χ0) is 13.2. The van der Waals surface area contributed by atoms with Gasteiger partial charge in [0, 0.05) is 16.7 Å². The molecular formula is C9H9ClO6S. The molecule has 17 heavy (non-hydrogen) atoms. The van der Waals surface area contributed by atoms with Crippen molar-refractivity contribution in [3.63, 3.8) is 0 Å². The molecule has 0 radical (unpaired) electrons. The standard InChI is InChI=1S/C9H9ClO6S/c1-15-5-3-6(9(11)12)8(17(10,13)14)7(4-5)16-2/h3-4H,1-2H3,(H,11,12). The van der Waals surface area contributed by atoms with Crippen LogP contribution in [0.15, 0.2) is 17.0 Å². The van der Waals surface area contributed by atoms with Gasteiger partial charge in [-0.1, -0.05) is 0 Å². The van der Waals surface area contributed by atoms with Gasteiger partial charge in [0.15, 0.2) is 0 Å². The molecule has 0 fully saturated rings. The first-order chi connectivity index (χ1) is 7.81. The molecule has 0 bridgehead atoms. The SMILES string of the molecule is COc1cc(OC)c(S(=O)(=O)Cl)c(C(=O)O)c1. The average molecular weight is 281 g/mol. The van der Waals surface area contributed by atoms with Gasteiger partial charge in [-0.3, -0.25) is 0 Å². The highest BCUT2D eigenvalue weighted by Gasteiger charge is 2.26. The minimum atomic E-state index is -4.24. The third-order valence-electron chi connectivity index (χ3n) is 1.96. The largest absolute Gasteiger partial charge is 0.497 e. The molecule has 1 rings (SSSR count). The van der Waals surface area contributed by atoms with Crippen LogP contribution in [0.3, 0.4) is 0 Å². The highest BCUT2D eigenvalue weighted by atomic mass is 35.7. The van der Waals surface area contributed by atoms with Gasteiger partial charge in [-0.15, -0.1) is 0 Å². The second-order valence-electron chi connectivity index (χ2n) is 2.95. The predicted molar refractivity (Wildman–Crippen MR) is 59.5 cm³/mol. The Bertz CT molecular complexity index is 551. The Morgan fingerprint density at radius 1 is 1.29 bits per heavy atom. The van der Waals surface area contributed by atoms with Gasteiger partial charge in [-0.25, -0.2) is 13.2 Å². The molecule has 0 unspecified atom stereocenters. The Hall–Kier alpha value is -1.47. The van der Waals surface area contributed by atoms with Crippen molar-refractivity contribution in [1.82, 2.24) is 0 Å². The maximum Gasteiger partial charge on any atom is 0.337 e. The Balaban J connectivity index is 3.71. The zero-order valence-corrected chi connectivity index (χ0v) is 10.5. The first-order valence-electron chi connectivity index (χ1n) is 4.25. The van der Waals surface area contributed by atoms with E-state index in [1.54, 1.807) is 0 Å². The molecule has 8 heteroatoms. The summed E-state index contributed by atoms with van der Waals surface area (Å²) < 4.78 is 32.3. The number of halogens is 1. The van der Waals surface area contributed by atoms with Crippen LogP contribution in [0.1, 0.15) is 10.4 Å². The minimum Gasteiger partial charge on any atom is -0.497 e. The number of rotatable bonds is 4.